The zero-order valence-corrected chi connectivity index (χ0v) is 23.9. The monoisotopic (exact) mass is 613 g/mol. The van der Waals surface area contributed by atoms with Crippen molar-refractivity contribution in [3.63, 3.8) is 0 Å². The van der Waals surface area contributed by atoms with Crippen LogP contribution in [0.25, 0.3) is 0 Å². The van der Waals surface area contributed by atoms with Crippen molar-refractivity contribution in [1.82, 2.24) is 10.2 Å². The van der Waals surface area contributed by atoms with E-state index in [2.05, 4.69) is 5.32 Å². The van der Waals surface area contributed by atoms with Gasteiger partial charge in [-0.25, -0.2) is 12.8 Å². The smallest absolute Gasteiger partial charge is 0.352 e. The summed E-state index contributed by atoms with van der Waals surface area (Å²) in [5.74, 6) is -1.96. The fourth-order valence-electron chi connectivity index (χ4n) is 3.91. The van der Waals surface area contributed by atoms with E-state index in [0.717, 1.165) is 29.2 Å². The number of amides is 2. The van der Waals surface area contributed by atoms with Crippen molar-refractivity contribution in [3.05, 3.63) is 94.8 Å². The maximum Gasteiger partial charge on any atom is 0.417 e. The summed E-state index contributed by atoms with van der Waals surface area (Å²) in [6.07, 6.45) is -4.91. The number of hydrogen-bond acceptors (Lipinski definition) is 4. The van der Waals surface area contributed by atoms with Gasteiger partial charge in [0.25, 0.3) is 10.0 Å². The summed E-state index contributed by atoms with van der Waals surface area (Å²) in [7, 11) is -4.58. The van der Waals surface area contributed by atoms with Crippen LogP contribution in [0.5, 0.6) is 0 Å². The lowest BCUT2D eigenvalue weighted by Crippen LogP contribution is -2.52. The Morgan fingerprint density at radius 3 is 2.12 bits per heavy atom. The highest BCUT2D eigenvalue weighted by atomic mass is 35.5. The molecule has 0 aromatic heterocycles. The van der Waals surface area contributed by atoms with Crippen molar-refractivity contribution in [2.45, 2.75) is 50.5 Å². The maximum absolute atomic E-state index is 13.8. The Bertz CT molecular complexity index is 1480. The Morgan fingerprint density at radius 1 is 0.951 bits per heavy atom. The zero-order valence-electron chi connectivity index (χ0n) is 22.3. The molecule has 0 heterocycles. The average Bonchev–Trinajstić information content (AvgIpc) is 2.90. The second-order valence-corrected chi connectivity index (χ2v) is 11.7. The van der Waals surface area contributed by atoms with Crippen LogP contribution in [0, 0.1) is 5.82 Å². The van der Waals surface area contributed by atoms with E-state index in [4.69, 9.17) is 11.6 Å². The zero-order chi connectivity index (χ0) is 30.5. The number of halogens is 5. The molecular formula is C28H28ClF4N3O4S. The van der Waals surface area contributed by atoms with Crippen LogP contribution in [0.1, 0.15) is 31.9 Å². The van der Waals surface area contributed by atoms with E-state index >= 15 is 0 Å². The molecule has 0 saturated heterocycles. The van der Waals surface area contributed by atoms with E-state index in [-0.39, 0.29) is 17.5 Å². The molecule has 0 radical (unpaired) electrons. The summed E-state index contributed by atoms with van der Waals surface area (Å²) < 4.78 is 82.5. The number of carbonyl (C=O) groups excluding carboxylic acids is 2. The number of benzene rings is 3. The predicted molar refractivity (Wildman–Crippen MR) is 147 cm³/mol. The number of alkyl halides is 3. The highest BCUT2D eigenvalue weighted by molar-refractivity contribution is 7.92. The van der Waals surface area contributed by atoms with Crippen molar-refractivity contribution >= 4 is 39.1 Å². The fraction of sp³-hybridized carbons (Fsp3) is 0.286. The molecule has 7 nitrogen and oxygen atoms in total. The predicted octanol–water partition coefficient (Wildman–Crippen LogP) is 5.64. The third-order valence-electron chi connectivity index (χ3n) is 6.02. The minimum absolute atomic E-state index is 0.209. The summed E-state index contributed by atoms with van der Waals surface area (Å²) in [4.78, 5) is 27.5. The molecule has 0 fully saturated rings. The van der Waals surface area contributed by atoms with Gasteiger partial charge in [0.2, 0.25) is 11.8 Å². The molecular weight excluding hydrogens is 586 g/mol. The molecule has 220 valence electrons. The number of nitrogens with zero attached hydrogens (tertiary/aromatic N) is 2. The number of anilines is 1. The number of hydrogen-bond donors (Lipinski definition) is 1. The second-order valence-electron chi connectivity index (χ2n) is 9.47. The average molecular weight is 614 g/mol. The quantitative estimate of drug-likeness (QED) is 0.300. The Kier molecular flexibility index (Phi) is 10.0. The van der Waals surface area contributed by atoms with Gasteiger partial charge in [0.05, 0.1) is 21.2 Å². The Morgan fingerprint density at radius 2 is 1.56 bits per heavy atom. The van der Waals surface area contributed by atoms with E-state index in [1.165, 1.54) is 43.3 Å². The Balaban J connectivity index is 2.10. The Hall–Kier alpha value is -3.64. The summed E-state index contributed by atoms with van der Waals surface area (Å²) in [6.45, 7) is 3.70. The van der Waals surface area contributed by atoms with Crippen LogP contribution in [0.2, 0.25) is 5.02 Å². The molecule has 1 atom stereocenters. The molecule has 0 aliphatic rings. The molecule has 0 spiro atoms. The molecule has 0 aliphatic carbocycles. The maximum atomic E-state index is 13.8. The number of carbonyl (C=O) groups is 2. The van der Waals surface area contributed by atoms with Crippen LogP contribution < -0.4 is 9.62 Å². The summed E-state index contributed by atoms with van der Waals surface area (Å²) in [5.41, 5.74) is -1.31. The van der Waals surface area contributed by atoms with Gasteiger partial charge in [-0.15, -0.1) is 0 Å². The van der Waals surface area contributed by atoms with Gasteiger partial charge in [0.15, 0.2) is 0 Å². The molecule has 41 heavy (non-hydrogen) atoms. The van der Waals surface area contributed by atoms with Crippen LogP contribution in [0.15, 0.2) is 77.7 Å². The third kappa shape index (κ3) is 7.98. The lowest BCUT2D eigenvalue weighted by Gasteiger charge is -2.32. The Labute approximate surface area is 240 Å². The highest BCUT2D eigenvalue weighted by Gasteiger charge is 2.37. The first-order chi connectivity index (χ1) is 19.1. The number of rotatable bonds is 10. The lowest BCUT2D eigenvalue weighted by atomic mass is 10.1. The first kappa shape index (κ1) is 31.9. The summed E-state index contributed by atoms with van der Waals surface area (Å²) in [5, 5.41) is 2.03. The molecule has 0 unspecified atom stereocenters. The van der Waals surface area contributed by atoms with Crippen LogP contribution in [-0.2, 0) is 32.3 Å². The SMILES string of the molecule is CC(C)NC(=O)[C@@H](C)N(Cc1ccc(F)cc1)C(=O)CN(c1ccc(Cl)c(C(F)(F)F)c1)S(=O)(=O)c1ccccc1. The van der Waals surface area contributed by atoms with Gasteiger partial charge in [-0.2, -0.15) is 13.2 Å². The molecule has 0 saturated carbocycles. The highest BCUT2D eigenvalue weighted by Crippen LogP contribution is 2.38. The normalized spacial score (nSPS) is 12.6. The molecule has 3 aromatic carbocycles. The van der Waals surface area contributed by atoms with E-state index in [1.54, 1.807) is 19.9 Å². The second kappa shape index (κ2) is 12.9. The van der Waals surface area contributed by atoms with Gasteiger partial charge < -0.3 is 10.2 Å². The molecule has 2 amide bonds. The van der Waals surface area contributed by atoms with Crippen molar-refractivity contribution in [1.29, 1.82) is 0 Å². The molecule has 3 rings (SSSR count). The minimum atomic E-state index is -4.91. The van der Waals surface area contributed by atoms with E-state index in [1.807, 2.05) is 0 Å². The summed E-state index contributed by atoms with van der Waals surface area (Å²) >= 11 is 5.76. The molecule has 0 aliphatic heterocycles. The van der Waals surface area contributed by atoms with Gasteiger partial charge >= 0.3 is 6.18 Å². The topological polar surface area (TPSA) is 86.8 Å². The first-order valence-electron chi connectivity index (χ1n) is 12.4. The van der Waals surface area contributed by atoms with Crippen molar-refractivity contribution in [2.75, 3.05) is 10.8 Å². The van der Waals surface area contributed by atoms with Crippen LogP contribution in [0.4, 0.5) is 23.2 Å². The number of sulfonamides is 1. The van der Waals surface area contributed by atoms with E-state index < -0.39 is 62.7 Å². The van der Waals surface area contributed by atoms with Gasteiger partial charge in [0.1, 0.15) is 18.4 Å². The van der Waals surface area contributed by atoms with Crippen LogP contribution in [-0.4, -0.2) is 43.8 Å². The van der Waals surface area contributed by atoms with Crippen molar-refractivity contribution in [2.24, 2.45) is 0 Å². The number of nitrogens with one attached hydrogen (secondary N) is 1. The fourth-order valence-corrected chi connectivity index (χ4v) is 5.56. The van der Waals surface area contributed by atoms with Crippen LogP contribution in [0.3, 0.4) is 0 Å². The first-order valence-corrected chi connectivity index (χ1v) is 14.2. The van der Waals surface area contributed by atoms with Gasteiger partial charge in [-0.1, -0.05) is 41.9 Å². The van der Waals surface area contributed by atoms with Crippen LogP contribution >= 0.6 is 11.6 Å². The van der Waals surface area contributed by atoms with E-state index in [0.29, 0.717) is 15.9 Å². The molecule has 0 bridgehead atoms. The van der Waals surface area contributed by atoms with Crippen molar-refractivity contribution in [3.8, 4) is 0 Å². The standard InChI is InChI=1S/C28H28ClF4N3O4S/c1-18(2)34-27(38)19(3)35(16-20-9-11-21(30)12-10-20)26(37)17-36(41(39,40)23-7-5-4-6-8-23)22-13-14-25(29)24(15-22)28(31,32)33/h4-15,18-19H,16-17H2,1-3H3,(H,34,38)/t19-/m1/s1. The lowest BCUT2D eigenvalue weighted by molar-refractivity contribution is -0.139. The largest absolute Gasteiger partial charge is 0.417 e. The third-order valence-corrected chi connectivity index (χ3v) is 8.14. The van der Waals surface area contributed by atoms with E-state index in [9.17, 15) is 35.6 Å². The van der Waals surface area contributed by atoms with Gasteiger partial charge in [0, 0.05) is 12.6 Å². The minimum Gasteiger partial charge on any atom is -0.352 e. The van der Waals surface area contributed by atoms with Gasteiger partial charge in [-0.3, -0.25) is 13.9 Å². The van der Waals surface area contributed by atoms with Crippen molar-refractivity contribution < 1.29 is 35.6 Å². The molecule has 3 aromatic rings. The molecule has 13 heteroatoms. The van der Waals surface area contributed by atoms with Gasteiger partial charge in [-0.05, 0) is 68.8 Å². The molecule has 1 N–H and O–H groups in total. The summed E-state index contributed by atoms with van der Waals surface area (Å²) in [6, 6.07) is 13.1.